The molecule has 0 saturated carbocycles. The van der Waals surface area contributed by atoms with Crippen LogP contribution in [0.2, 0.25) is 0 Å². The summed E-state index contributed by atoms with van der Waals surface area (Å²) in [5, 5.41) is 0. The van der Waals surface area contributed by atoms with Crippen molar-refractivity contribution >= 4 is 11.7 Å². The van der Waals surface area contributed by atoms with Crippen molar-refractivity contribution in [2.45, 2.75) is 32.9 Å². The van der Waals surface area contributed by atoms with Crippen molar-refractivity contribution in [3.63, 3.8) is 0 Å². The van der Waals surface area contributed by atoms with Crippen LogP contribution in [0.1, 0.15) is 41.3 Å². The molecule has 0 saturated heterocycles. The maximum atomic E-state index is 13.7. The minimum Gasteiger partial charge on any atom is -0.462 e. The summed E-state index contributed by atoms with van der Waals surface area (Å²) in [6, 6.07) is 0.221. The van der Waals surface area contributed by atoms with Gasteiger partial charge in [0.25, 0.3) is 0 Å². The fraction of sp³-hybridized carbons (Fsp3) is 0.462. The van der Waals surface area contributed by atoms with Gasteiger partial charge in [0.1, 0.15) is 11.4 Å². The van der Waals surface area contributed by atoms with Gasteiger partial charge < -0.3 is 10.5 Å². The van der Waals surface area contributed by atoms with Crippen molar-refractivity contribution < 1.29 is 27.1 Å². The lowest BCUT2D eigenvalue weighted by Gasteiger charge is -2.15. The van der Waals surface area contributed by atoms with E-state index in [0.29, 0.717) is 6.42 Å². The molecule has 0 aliphatic carbocycles. The highest BCUT2D eigenvalue weighted by atomic mass is 19.4. The molecule has 1 aromatic carbocycles. The van der Waals surface area contributed by atoms with Crippen LogP contribution in [0.4, 0.5) is 23.2 Å². The monoisotopic (exact) mass is 293 g/mol. The van der Waals surface area contributed by atoms with Crippen LogP contribution >= 0.6 is 0 Å². The van der Waals surface area contributed by atoms with Crippen LogP contribution in [0.15, 0.2) is 6.07 Å². The number of carbonyl (C=O) groups is 1. The third-order valence-electron chi connectivity index (χ3n) is 2.82. The molecule has 0 aromatic heterocycles. The fourth-order valence-electron chi connectivity index (χ4n) is 1.66. The van der Waals surface area contributed by atoms with Gasteiger partial charge in [-0.25, -0.2) is 9.18 Å². The number of unbranched alkanes of at least 4 members (excludes halogenated alkanes) is 1. The minimum atomic E-state index is -4.78. The molecule has 0 radical (unpaired) electrons. The van der Waals surface area contributed by atoms with Crippen LogP contribution in [0.25, 0.3) is 0 Å². The van der Waals surface area contributed by atoms with E-state index in [0.717, 1.165) is 13.3 Å². The number of nitrogen functional groups attached to an aromatic ring is 1. The third-order valence-corrected chi connectivity index (χ3v) is 2.82. The second-order valence-electron chi connectivity index (χ2n) is 4.31. The summed E-state index contributed by atoms with van der Waals surface area (Å²) >= 11 is 0. The first-order chi connectivity index (χ1) is 9.20. The predicted molar refractivity (Wildman–Crippen MR) is 65.7 cm³/mol. The molecule has 1 rings (SSSR count). The fourth-order valence-corrected chi connectivity index (χ4v) is 1.66. The molecule has 0 spiro atoms. The smallest absolute Gasteiger partial charge is 0.418 e. The number of carbonyl (C=O) groups excluding carboxylic acids is 1. The predicted octanol–water partition coefficient (Wildman–Crippen LogP) is 3.69. The normalized spacial score (nSPS) is 11.5. The van der Waals surface area contributed by atoms with E-state index in [2.05, 4.69) is 0 Å². The van der Waals surface area contributed by atoms with E-state index in [9.17, 15) is 22.4 Å². The molecule has 7 heteroatoms. The first kappa shape index (κ1) is 16.3. The molecule has 0 amide bonds. The Morgan fingerprint density at radius 3 is 2.50 bits per heavy atom. The molecular weight excluding hydrogens is 278 g/mol. The summed E-state index contributed by atoms with van der Waals surface area (Å²) in [4.78, 5) is 11.7. The third kappa shape index (κ3) is 3.40. The quantitative estimate of drug-likeness (QED) is 0.398. The molecule has 0 aliphatic heterocycles. The maximum Gasteiger partial charge on any atom is 0.418 e. The van der Waals surface area contributed by atoms with Crippen LogP contribution in [0.3, 0.4) is 0 Å². The average Bonchev–Trinajstić information content (AvgIpc) is 2.33. The number of hydrogen-bond donors (Lipinski definition) is 1. The van der Waals surface area contributed by atoms with Gasteiger partial charge >= 0.3 is 12.1 Å². The highest BCUT2D eigenvalue weighted by Crippen LogP contribution is 2.37. The SMILES string of the molecule is CCCCOC(=O)c1c(F)cc(C(F)(F)F)c(N)c1C. The van der Waals surface area contributed by atoms with Crippen molar-refractivity contribution in [1.82, 2.24) is 0 Å². The molecule has 20 heavy (non-hydrogen) atoms. The number of nitrogens with two attached hydrogens (primary N) is 1. The lowest BCUT2D eigenvalue weighted by atomic mass is 10.0. The largest absolute Gasteiger partial charge is 0.462 e. The van der Waals surface area contributed by atoms with E-state index >= 15 is 0 Å². The Labute approximate surface area is 113 Å². The van der Waals surface area contributed by atoms with E-state index in [-0.39, 0.29) is 18.2 Å². The van der Waals surface area contributed by atoms with Gasteiger partial charge in [-0.1, -0.05) is 13.3 Å². The van der Waals surface area contributed by atoms with Crippen LogP contribution in [0.5, 0.6) is 0 Å². The highest BCUT2D eigenvalue weighted by Gasteiger charge is 2.36. The second kappa shape index (κ2) is 6.11. The number of alkyl halides is 3. The van der Waals surface area contributed by atoms with Crippen molar-refractivity contribution in [2.24, 2.45) is 0 Å². The van der Waals surface area contributed by atoms with Gasteiger partial charge in [-0.3, -0.25) is 0 Å². The number of halogens is 4. The van der Waals surface area contributed by atoms with E-state index < -0.39 is 34.8 Å². The van der Waals surface area contributed by atoms with Gasteiger partial charge in [-0.2, -0.15) is 13.2 Å². The molecule has 2 N–H and O–H groups in total. The number of benzene rings is 1. The zero-order valence-corrected chi connectivity index (χ0v) is 11.1. The molecule has 112 valence electrons. The van der Waals surface area contributed by atoms with Crippen molar-refractivity contribution in [1.29, 1.82) is 0 Å². The van der Waals surface area contributed by atoms with E-state index in [1.54, 1.807) is 0 Å². The van der Waals surface area contributed by atoms with E-state index in [1.807, 2.05) is 6.92 Å². The van der Waals surface area contributed by atoms with Crippen molar-refractivity contribution in [3.8, 4) is 0 Å². The molecule has 0 heterocycles. The molecule has 0 fully saturated rings. The summed E-state index contributed by atoms with van der Waals surface area (Å²) in [6.45, 7) is 3.11. The molecule has 3 nitrogen and oxygen atoms in total. The summed E-state index contributed by atoms with van der Waals surface area (Å²) in [6.07, 6.45) is -3.42. The minimum absolute atomic E-state index is 0.0785. The van der Waals surface area contributed by atoms with Gasteiger partial charge in [0, 0.05) is 5.69 Å². The average molecular weight is 293 g/mol. The molecular formula is C13H15F4NO2. The number of anilines is 1. The lowest BCUT2D eigenvalue weighted by molar-refractivity contribution is -0.137. The summed E-state index contributed by atoms with van der Waals surface area (Å²) < 4.78 is 56.4. The Bertz CT molecular complexity index is 512. The molecule has 0 bridgehead atoms. The van der Waals surface area contributed by atoms with Gasteiger partial charge in [0.2, 0.25) is 0 Å². The van der Waals surface area contributed by atoms with E-state index in [4.69, 9.17) is 10.5 Å². The van der Waals surface area contributed by atoms with Crippen molar-refractivity contribution in [3.05, 3.63) is 28.6 Å². The molecule has 0 atom stereocenters. The number of hydrogen-bond acceptors (Lipinski definition) is 3. The Hall–Kier alpha value is -1.79. The van der Waals surface area contributed by atoms with Gasteiger partial charge in [0.15, 0.2) is 0 Å². The van der Waals surface area contributed by atoms with Crippen LogP contribution < -0.4 is 5.73 Å². The zero-order valence-electron chi connectivity index (χ0n) is 11.1. The lowest BCUT2D eigenvalue weighted by Crippen LogP contribution is -2.17. The van der Waals surface area contributed by atoms with Crippen LogP contribution in [-0.2, 0) is 10.9 Å². The Morgan fingerprint density at radius 2 is 2.00 bits per heavy atom. The molecule has 0 unspecified atom stereocenters. The number of rotatable bonds is 4. The number of ether oxygens (including phenoxy) is 1. The van der Waals surface area contributed by atoms with Crippen molar-refractivity contribution in [2.75, 3.05) is 12.3 Å². The van der Waals surface area contributed by atoms with Gasteiger partial charge in [-0.05, 0) is 25.0 Å². The summed E-state index contributed by atoms with van der Waals surface area (Å²) in [7, 11) is 0. The summed E-state index contributed by atoms with van der Waals surface area (Å²) in [5.41, 5.74) is 2.56. The van der Waals surface area contributed by atoms with Crippen LogP contribution in [-0.4, -0.2) is 12.6 Å². The Morgan fingerprint density at radius 1 is 1.40 bits per heavy atom. The Kier molecular flexibility index (Phi) is 4.97. The van der Waals surface area contributed by atoms with Gasteiger partial charge in [0.05, 0.1) is 12.2 Å². The molecule has 1 aromatic rings. The summed E-state index contributed by atoms with van der Waals surface area (Å²) in [5.74, 6) is -2.29. The zero-order chi connectivity index (χ0) is 15.5. The number of esters is 1. The second-order valence-corrected chi connectivity index (χ2v) is 4.31. The van der Waals surface area contributed by atoms with Crippen LogP contribution in [0, 0.1) is 12.7 Å². The molecule has 0 aliphatic rings. The van der Waals surface area contributed by atoms with E-state index in [1.165, 1.54) is 0 Å². The highest BCUT2D eigenvalue weighted by molar-refractivity contribution is 5.93. The van der Waals surface area contributed by atoms with Gasteiger partial charge in [-0.15, -0.1) is 0 Å². The Balaban J connectivity index is 3.17. The topological polar surface area (TPSA) is 52.3 Å². The standard InChI is InChI=1S/C13H15F4NO2/c1-3-4-5-20-12(19)10-7(2)11(18)8(6-9(10)14)13(15,16)17/h6H,3-5,18H2,1-2H3. The first-order valence-corrected chi connectivity index (χ1v) is 6.03. The maximum absolute atomic E-state index is 13.7. The first-order valence-electron chi connectivity index (χ1n) is 6.03.